The minimum atomic E-state index is -1.07. The highest BCUT2D eigenvalue weighted by Gasteiger charge is 2.18. The van der Waals surface area contributed by atoms with E-state index < -0.39 is 5.97 Å². The third-order valence-corrected chi connectivity index (χ3v) is 4.26. The number of hydrogen-bond donors (Lipinski definition) is 1. The first-order valence-electron chi connectivity index (χ1n) is 8.80. The van der Waals surface area contributed by atoms with E-state index in [0.717, 1.165) is 16.8 Å². The third-order valence-electron chi connectivity index (χ3n) is 4.26. The first-order valence-corrected chi connectivity index (χ1v) is 8.80. The molecule has 1 N–H and O–H groups in total. The number of rotatable bonds is 5. The van der Waals surface area contributed by atoms with Crippen LogP contribution in [0.3, 0.4) is 0 Å². The molecule has 136 valence electrons. The van der Waals surface area contributed by atoms with Gasteiger partial charge in [0.2, 0.25) is 0 Å². The second-order valence-electron chi connectivity index (χ2n) is 6.14. The molecule has 0 spiro atoms. The number of nitrogens with zero attached hydrogens (tertiary/aromatic N) is 3. The molecule has 1 aromatic heterocycles. The van der Waals surface area contributed by atoms with E-state index in [0.29, 0.717) is 5.71 Å². The van der Waals surface area contributed by atoms with Gasteiger partial charge in [0.1, 0.15) is 5.56 Å². The van der Waals surface area contributed by atoms with E-state index in [4.69, 9.17) is 0 Å². The van der Waals surface area contributed by atoms with E-state index in [1.807, 2.05) is 91.0 Å². The lowest BCUT2D eigenvalue weighted by Crippen LogP contribution is -2.03. The quantitative estimate of drug-likeness (QED) is 0.518. The van der Waals surface area contributed by atoms with Gasteiger partial charge in [0.05, 0.1) is 11.4 Å². The second-order valence-corrected chi connectivity index (χ2v) is 6.14. The van der Waals surface area contributed by atoms with Gasteiger partial charge in [0, 0.05) is 17.3 Å². The summed E-state index contributed by atoms with van der Waals surface area (Å²) in [5.41, 5.74) is 3.27. The van der Waals surface area contributed by atoms with Crippen LogP contribution in [0.4, 0.5) is 5.82 Å². The molecule has 1 heterocycles. The number of carboxylic acids is 1. The van der Waals surface area contributed by atoms with Crippen LogP contribution in [0.25, 0.3) is 5.69 Å². The standard InChI is InChI=1S/C23H17N3O2/c27-23(28)20-16-26(19-14-8-3-9-15-19)25-22(20)24-21(17-10-4-1-5-11-17)18-12-6-2-7-13-18/h1-16H,(H,27,28). The lowest BCUT2D eigenvalue weighted by Gasteiger charge is -2.07. The molecule has 0 aliphatic carbocycles. The van der Waals surface area contributed by atoms with Crippen LogP contribution in [0, 0.1) is 0 Å². The van der Waals surface area contributed by atoms with Crippen LogP contribution < -0.4 is 0 Å². The smallest absolute Gasteiger partial charge is 0.341 e. The zero-order valence-electron chi connectivity index (χ0n) is 14.9. The molecule has 0 bridgehead atoms. The third kappa shape index (κ3) is 3.59. The average Bonchev–Trinajstić information content (AvgIpc) is 3.18. The summed E-state index contributed by atoms with van der Waals surface area (Å²) in [5.74, 6) is -0.902. The number of benzene rings is 3. The van der Waals surface area contributed by atoms with Crippen molar-refractivity contribution in [2.75, 3.05) is 0 Å². The molecule has 5 heteroatoms. The molecule has 0 unspecified atom stereocenters. The van der Waals surface area contributed by atoms with E-state index in [9.17, 15) is 9.90 Å². The lowest BCUT2D eigenvalue weighted by molar-refractivity contribution is 0.0698. The Bertz CT molecular complexity index is 1080. The SMILES string of the molecule is O=C(O)c1cn(-c2ccccc2)nc1N=C(c1ccccc1)c1ccccc1. The van der Waals surface area contributed by atoms with Crippen LogP contribution in [-0.4, -0.2) is 26.6 Å². The number of aliphatic imine (C=N–C) groups is 1. The van der Waals surface area contributed by atoms with Gasteiger partial charge >= 0.3 is 5.97 Å². The monoisotopic (exact) mass is 367 g/mol. The van der Waals surface area contributed by atoms with Crippen molar-refractivity contribution in [1.82, 2.24) is 9.78 Å². The van der Waals surface area contributed by atoms with Gasteiger partial charge in [0.15, 0.2) is 5.82 Å². The minimum absolute atomic E-state index is 0.0493. The van der Waals surface area contributed by atoms with Crippen molar-refractivity contribution in [2.45, 2.75) is 0 Å². The van der Waals surface area contributed by atoms with Crippen LogP contribution in [-0.2, 0) is 0 Å². The fourth-order valence-electron chi connectivity index (χ4n) is 2.90. The molecule has 0 aliphatic rings. The van der Waals surface area contributed by atoms with Crippen molar-refractivity contribution in [3.05, 3.63) is 114 Å². The van der Waals surface area contributed by atoms with Crippen LogP contribution >= 0.6 is 0 Å². The molecule has 0 saturated heterocycles. The summed E-state index contributed by atoms with van der Waals surface area (Å²) in [6, 6.07) is 28.7. The highest BCUT2D eigenvalue weighted by Crippen LogP contribution is 2.23. The predicted octanol–water partition coefficient (Wildman–Crippen LogP) is 4.74. The van der Waals surface area contributed by atoms with E-state index in [1.54, 1.807) is 0 Å². The summed E-state index contributed by atoms with van der Waals surface area (Å²) >= 11 is 0. The molecule has 0 fully saturated rings. The molecule has 4 rings (SSSR count). The Kier molecular flexibility index (Phi) is 4.80. The number of hydrogen-bond acceptors (Lipinski definition) is 3. The van der Waals surface area contributed by atoms with Crippen molar-refractivity contribution in [2.24, 2.45) is 4.99 Å². The van der Waals surface area contributed by atoms with E-state index >= 15 is 0 Å². The molecular weight excluding hydrogens is 350 g/mol. The van der Waals surface area contributed by atoms with Gasteiger partial charge in [-0.2, -0.15) is 0 Å². The molecule has 5 nitrogen and oxygen atoms in total. The first kappa shape index (κ1) is 17.4. The van der Waals surface area contributed by atoms with Crippen molar-refractivity contribution in [1.29, 1.82) is 0 Å². The Balaban J connectivity index is 1.89. The summed E-state index contributed by atoms with van der Waals surface area (Å²) in [5, 5.41) is 14.1. The number of carbonyl (C=O) groups is 1. The number of aromatic carboxylic acids is 1. The van der Waals surface area contributed by atoms with Gasteiger partial charge in [0.25, 0.3) is 0 Å². The Morgan fingerprint density at radius 2 is 1.29 bits per heavy atom. The highest BCUT2D eigenvalue weighted by molar-refractivity contribution is 6.14. The Morgan fingerprint density at radius 1 is 0.786 bits per heavy atom. The maximum Gasteiger partial charge on any atom is 0.341 e. The van der Waals surface area contributed by atoms with Gasteiger partial charge in [-0.05, 0) is 12.1 Å². The van der Waals surface area contributed by atoms with E-state index in [2.05, 4.69) is 10.1 Å². The molecule has 28 heavy (non-hydrogen) atoms. The normalized spacial score (nSPS) is 10.4. The van der Waals surface area contributed by atoms with Gasteiger partial charge in [-0.15, -0.1) is 5.10 Å². The molecular formula is C23H17N3O2. The van der Waals surface area contributed by atoms with Crippen LogP contribution in [0.1, 0.15) is 21.5 Å². The van der Waals surface area contributed by atoms with Crippen molar-refractivity contribution in [3.63, 3.8) is 0 Å². The van der Waals surface area contributed by atoms with Crippen LogP contribution in [0.15, 0.2) is 102 Å². The summed E-state index contributed by atoms with van der Waals surface area (Å²) in [6.45, 7) is 0. The maximum atomic E-state index is 11.8. The Morgan fingerprint density at radius 3 is 1.79 bits per heavy atom. The summed E-state index contributed by atoms with van der Waals surface area (Å²) in [4.78, 5) is 16.5. The zero-order chi connectivity index (χ0) is 19.3. The summed E-state index contributed by atoms with van der Waals surface area (Å²) < 4.78 is 1.54. The maximum absolute atomic E-state index is 11.8. The molecule has 4 aromatic rings. The van der Waals surface area contributed by atoms with Gasteiger partial charge in [-0.25, -0.2) is 14.5 Å². The van der Waals surface area contributed by atoms with Crippen molar-refractivity contribution >= 4 is 17.5 Å². The van der Waals surface area contributed by atoms with Gasteiger partial charge in [-0.3, -0.25) is 0 Å². The molecule has 0 aliphatic heterocycles. The van der Waals surface area contributed by atoms with Crippen LogP contribution in [0.2, 0.25) is 0 Å². The van der Waals surface area contributed by atoms with Crippen LogP contribution in [0.5, 0.6) is 0 Å². The predicted molar refractivity (Wildman–Crippen MR) is 109 cm³/mol. The topological polar surface area (TPSA) is 67.5 Å². The molecule has 0 saturated carbocycles. The average molecular weight is 367 g/mol. The van der Waals surface area contributed by atoms with E-state index in [-0.39, 0.29) is 11.4 Å². The Labute approximate surface area is 162 Å². The zero-order valence-corrected chi connectivity index (χ0v) is 14.9. The van der Waals surface area contributed by atoms with Gasteiger partial charge in [-0.1, -0.05) is 78.9 Å². The summed E-state index contributed by atoms with van der Waals surface area (Å²) in [6.07, 6.45) is 1.49. The second kappa shape index (κ2) is 7.72. The summed E-state index contributed by atoms with van der Waals surface area (Å²) in [7, 11) is 0. The lowest BCUT2D eigenvalue weighted by atomic mass is 10.0. The molecule has 3 aromatic carbocycles. The van der Waals surface area contributed by atoms with Crippen molar-refractivity contribution in [3.8, 4) is 5.69 Å². The molecule has 0 amide bonds. The molecule has 0 atom stereocenters. The van der Waals surface area contributed by atoms with E-state index in [1.165, 1.54) is 10.9 Å². The molecule has 0 radical (unpaired) electrons. The first-order chi connectivity index (χ1) is 13.7. The number of para-hydroxylation sites is 1. The number of carboxylic acid groups (broad SMARTS) is 1. The largest absolute Gasteiger partial charge is 0.477 e. The Hall–Kier alpha value is -3.99. The van der Waals surface area contributed by atoms with Crippen molar-refractivity contribution < 1.29 is 9.90 Å². The highest BCUT2D eigenvalue weighted by atomic mass is 16.4. The fourth-order valence-corrected chi connectivity index (χ4v) is 2.90. The van der Waals surface area contributed by atoms with Gasteiger partial charge < -0.3 is 5.11 Å². The number of aromatic nitrogens is 2. The fraction of sp³-hybridized carbons (Fsp3) is 0. The minimum Gasteiger partial charge on any atom is -0.477 e.